The maximum atomic E-state index is 12.6. The van der Waals surface area contributed by atoms with Crippen molar-refractivity contribution in [2.75, 3.05) is 5.32 Å². The molecule has 132 valence electrons. The molecule has 0 aromatic heterocycles. The first-order valence-corrected chi connectivity index (χ1v) is 9.23. The first-order chi connectivity index (χ1) is 12.1. The number of para-hydroxylation sites is 1. The zero-order chi connectivity index (χ0) is 17.8. The summed E-state index contributed by atoms with van der Waals surface area (Å²) in [6.07, 6.45) is 4.03. The van der Waals surface area contributed by atoms with Crippen molar-refractivity contribution in [2.24, 2.45) is 0 Å². The van der Waals surface area contributed by atoms with Crippen molar-refractivity contribution in [3.8, 4) is 5.75 Å². The lowest BCUT2D eigenvalue weighted by molar-refractivity contribution is -0.122. The van der Waals surface area contributed by atoms with Gasteiger partial charge in [0.25, 0.3) is 5.91 Å². The van der Waals surface area contributed by atoms with E-state index in [0.29, 0.717) is 5.92 Å². The molecular weight excluding hydrogens is 310 g/mol. The summed E-state index contributed by atoms with van der Waals surface area (Å²) in [4.78, 5) is 12.6. The van der Waals surface area contributed by atoms with Crippen molar-refractivity contribution in [3.63, 3.8) is 0 Å². The molecule has 25 heavy (non-hydrogen) atoms. The first kappa shape index (κ1) is 17.5. The number of rotatable bonds is 5. The van der Waals surface area contributed by atoms with Crippen LogP contribution in [0.4, 0.5) is 5.69 Å². The number of fused-ring (bicyclic) bond motifs is 1. The Morgan fingerprint density at radius 2 is 1.76 bits per heavy atom. The van der Waals surface area contributed by atoms with Gasteiger partial charge in [-0.25, -0.2) is 0 Å². The number of amides is 1. The van der Waals surface area contributed by atoms with E-state index in [0.717, 1.165) is 29.8 Å². The van der Waals surface area contributed by atoms with E-state index in [4.69, 9.17) is 4.74 Å². The molecular formula is C22H27NO2. The molecule has 3 nitrogen and oxygen atoms in total. The van der Waals surface area contributed by atoms with Gasteiger partial charge in [-0.1, -0.05) is 44.2 Å². The normalized spacial score (nSPS) is 14.7. The SMILES string of the molecule is CC(C)c1ccccc1NC(=O)[C@H](C)Oc1cccc2c1CCCC2. The maximum Gasteiger partial charge on any atom is 0.265 e. The molecule has 2 aromatic carbocycles. The van der Waals surface area contributed by atoms with Gasteiger partial charge in [0.05, 0.1) is 0 Å². The summed E-state index contributed by atoms with van der Waals surface area (Å²) in [6, 6.07) is 14.1. The van der Waals surface area contributed by atoms with E-state index in [2.05, 4.69) is 31.3 Å². The summed E-state index contributed by atoms with van der Waals surface area (Å²) in [6.45, 7) is 6.07. The zero-order valence-corrected chi connectivity index (χ0v) is 15.3. The second-order valence-electron chi connectivity index (χ2n) is 7.09. The Bertz CT molecular complexity index is 751. The van der Waals surface area contributed by atoms with Crippen molar-refractivity contribution in [3.05, 3.63) is 59.2 Å². The quantitative estimate of drug-likeness (QED) is 0.825. The van der Waals surface area contributed by atoms with Gasteiger partial charge in [0, 0.05) is 5.69 Å². The van der Waals surface area contributed by atoms with Crippen LogP contribution in [-0.4, -0.2) is 12.0 Å². The number of benzene rings is 2. The van der Waals surface area contributed by atoms with E-state index in [9.17, 15) is 4.79 Å². The largest absolute Gasteiger partial charge is 0.481 e. The summed E-state index contributed by atoms with van der Waals surface area (Å²) in [5.74, 6) is 1.10. The standard InChI is InChI=1S/C22H27NO2/c1-15(2)18-11-6-7-13-20(18)23-22(24)16(3)25-21-14-8-10-17-9-4-5-12-19(17)21/h6-8,10-11,13-16H,4-5,9,12H2,1-3H3,(H,23,24)/t16-/m0/s1. The highest BCUT2D eigenvalue weighted by Gasteiger charge is 2.20. The molecule has 1 amide bonds. The minimum Gasteiger partial charge on any atom is -0.481 e. The van der Waals surface area contributed by atoms with Gasteiger partial charge in [-0.05, 0) is 67.3 Å². The molecule has 3 rings (SSSR count). The third-order valence-electron chi connectivity index (χ3n) is 4.87. The molecule has 0 spiro atoms. The van der Waals surface area contributed by atoms with Crippen LogP contribution < -0.4 is 10.1 Å². The summed E-state index contributed by atoms with van der Waals surface area (Å²) < 4.78 is 6.04. The summed E-state index contributed by atoms with van der Waals surface area (Å²) >= 11 is 0. The average Bonchev–Trinajstić information content (AvgIpc) is 2.62. The van der Waals surface area contributed by atoms with Gasteiger partial charge in [0.15, 0.2) is 6.10 Å². The van der Waals surface area contributed by atoms with Gasteiger partial charge < -0.3 is 10.1 Å². The number of hydrogen-bond donors (Lipinski definition) is 1. The van der Waals surface area contributed by atoms with Crippen LogP contribution in [0.3, 0.4) is 0 Å². The lowest BCUT2D eigenvalue weighted by atomic mass is 9.91. The second kappa shape index (κ2) is 7.73. The van der Waals surface area contributed by atoms with Crippen LogP contribution in [0.1, 0.15) is 56.2 Å². The van der Waals surface area contributed by atoms with Crippen molar-refractivity contribution >= 4 is 11.6 Å². The predicted molar refractivity (Wildman–Crippen MR) is 102 cm³/mol. The zero-order valence-electron chi connectivity index (χ0n) is 15.3. The van der Waals surface area contributed by atoms with Crippen molar-refractivity contribution in [1.29, 1.82) is 0 Å². The van der Waals surface area contributed by atoms with Crippen LogP contribution in [0.5, 0.6) is 5.75 Å². The van der Waals surface area contributed by atoms with Gasteiger partial charge in [-0.15, -0.1) is 0 Å². The van der Waals surface area contributed by atoms with E-state index in [1.165, 1.54) is 24.0 Å². The number of anilines is 1. The summed E-state index contributed by atoms with van der Waals surface area (Å²) in [5.41, 5.74) is 4.64. The molecule has 2 aromatic rings. The molecule has 3 heteroatoms. The van der Waals surface area contributed by atoms with E-state index in [1.807, 2.05) is 37.3 Å². The summed E-state index contributed by atoms with van der Waals surface area (Å²) in [7, 11) is 0. The molecule has 0 unspecified atom stereocenters. The number of nitrogens with one attached hydrogen (secondary N) is 1. The van der Waals surface area contributed by atoms with Crippen LogP contribution >= 0.6 is 0 Å². The van der Waals surface area contributed by atoms with Gasteiger partial charge >= 0.3 is 0 Å². The van der Waals surface area contributed by atoms with Crippen LogP contribution in [-0.2, 0) is 17.6 Å². The lowest BCUT2D eigenvalue weighted by Gasteiger charge is -2.22. The van der Waals surface area contributed by atoms with Crippen molar-refractivity contribution in [1.82, 2.24) is 0 Å². The minimum absolute atomic E-state index is 0.110. The number of carbonyl (C=O) groups excluding carboxylic acids is 1. The maximum absolute atomic E-state index is 12.6. The monoisotopic (exact) mass is 337 g/mol. The van der Waals surface area contributed by atoms with Gasteiger partial charge in [0.1, 0.15) is 5.75 Å². The Labute approximate surface area is 150 Å². The number of ether oxygens (including phenoxy) is 1. The van der Waals surface area contributed by atoms with Gasteiger partial charge in [-0.2, -0.15) is 0 Å². The van der Waals surface area contributed by atoms with Gasteiger partial charge in [0.2, 0.25) is 0 Å². The van der Waals surface area contributed by atoms with Crippen LogP contribution in [0, 0.1) is 0 Å². The van der Waals surface area contributed by atoms with Crippen LogP contribution in [0.2, 0.25) is 0 Å². The Kier molecular flexibility index (Phi) is 5.42. The molecule has 1 N–H and O–H groups in total. The number of carbonyl (C=O) groups is 1. The molecule has 0 saturated carbocycles. The molecule has 1 aliphatic carbocycles. The fourth-order valence-corrected chi connectivity index (χ4v) is 3.45. The van der Waals surface area contributed by atoms with Crippen LogP contribution in [0.25, 0.3) is 0 Å². The third kappa shape index (κ3) is 4.04. The Balaban J connectivity index is 1.72. The first-order valence-electron chi connectivity index (χ1n) is 9.23. The Morgan fingerprint density at radius 3 is 2.56 bits per heavy atom. The van der Waals surface area contributed by atoms with E-state index < -0.39 is 6.10 Å². The van der Waals surface area contributed by atoms with Crippen molar-refractivity contribution in [2.45, 2.75) is 58.5 Å². The highest BCUT2D eigenvalue weighted by atomic mass is 16.5. The molecule has 0 radical (unpaired) electrons. The van der Waals surface area contributed by atoms with Crippen LogP contribution in [0.15, 0.2) is 42.5 Å². The molecule has 0 saturated heterocycles. The lowest BCUT2D eigenvalue weighted by Crippen LogP contribution is -2.31. The van der Waals surface area contributed by atoms with E-state index >= 15 is 0 Å². The Hall–Kier alpha value is -2.29. The minimum atomic E-state index is -0.534. The van der Waals surface area contributed by atoms with E-state index in [-0.39, 0.29) is 5.91 Å². The van der Waals surface area contributed by atoms with Crippen molar-refractivity contribution < 1.29 is 9.53 Å². The molecule has 0 bridgehead atoms. The molecule has 1 aliphatic rings. The predicted octanol–water partition coefficient (Wildman–Crippen LogP) is 5.09. The fourth-order valence-electron chi connectivity index (χ4n) is 3.45. The number of aryl methyl sites for hydroxylation is 1. The number of hydrogen-bond acceptors (Lipinski definition) is 2. The van der Waals surface area contributed by atoms with E-state index in [1.54, 1.807) is 0 Å². The average molecular weight is 337 g/mol. The third-order valence-corrected chi connectivity index (χ3v) is 4.87. The Morgan fingerprint density at radius 1 is 1.00 bits per heavy atom. The van der Waals surface area contributed by atoms with Gasteiger partial charge in [-0.3, -0.25) is 4.79 Å². The fraction of sp³-hybridized carbons (Fsp3) is 0.409. The smallest absolute Gasteiger partial charge is 0.265 e. The molecule has 0 aliphatic heterocycles. The topological polar surface area (TPSA) is 38.3 Å². The molecule has 1 atom stereocenters. The second-order valence-corrected chi connectivity index (χ2v) is 7.09. The highest BCUT2D eigenvalue weighted by Crippen LogP contribution is 2.30. The molecule has 0 fully saturated rings. The highest BCUT2D eigenvalue weighted by molar-refractivity contribution is 5.94. The summed E-state index contributed by atoms with van der Waals surface area (Å²) in [5, 5.41) is 3.03. The molecule has 0 heterocycles.